The quantitative estimate of drug-likeness (QED) is 0.818. The molecule has 1 aliphatic heterocycles. The molecular weight excluding hydrogens is 330 g/mol. The van der Waals surface area contributed by atoms with Gasteiger partial charge in [0.15, 0.2) is 0 Å². The zero-order chi connectivity index (χ0) is 17.6. The molecule has 24 heavy (non-hydrogen) atoms. The molecule has 1 aromatic rings. The maximum Gasteiger partial charge on any atom is 0.311 e. The number of aryl methyl sites for hydroxylation is 1. The van der Waals surface area contributed by atoms with Gasteiger partial charge in [-0.3, -0.25) is 9.59 Å². The predicted molar refractivity (Wildman–Crippen MR) is 92.1 cm³/mol. The SMILES string of the molecule is COCC[C@]1(C(=O)O)CCCN(C(=O)CCc2ccccc2Cl)C1. The fourth-order valence-electron chi connectivity index (χ4n) is 3.23. The normalized spacial score (nSPS) is 20.8. The van der Waals surface area contributed by atoms with Gasteiger partial charge in [0.2, 0.25) is 5.91 Å². The fraction of sp³-hybridized carbons (Fsp3) is 0.556. The van der Waals surface area contributed by atoms with Gasteiger partial charge in [-0.25, -0.2) is 0 Å². The molecule has 0 unspecified atom stereocenters. The molecule has 1 aromatic carbocycles. The standard InChI is InChI=1S/C18H24ClNO4/c1-24-12-10-18(17(22)23)9-4-11-20(13-18)16(21)8-7-14-5-2-3-6-15(14)19/h2-3,5-6H,4,7-13H2,1H3,(H,22,23)/t18-/m1/s1. The number of piperidine rings is 1. The van der Waals surface area contributed by atoms with E-state index in [0.29, 0.717) is 50.3 Å². The van der Waals surface area contributed by atoms with Crippen LogP contribution >= 0.6 is 11.6 Å². The summed E-state index contributed by atoms with van der Waals surface area (Å²) < 4.78 is 5.05. The van der Waals surface area contributed by atoms with Gasteiger partial charge >= 0.3 is 5.97 Å². The summed E-state index contributed by atoms with van der Waals surface area (Å²) in [6.45, 7) is 1.25. The first-order valence-electron chi connectivity index (χ1n) is 8.22. The molecule has 0 aliphatic carbocycles. The van der Waals surface area contributed by atoms with Crippen LogP contribution in [0.4, 0.5) is 0 Å². The van der Waals surface area contributed by atoms with E-state index in [9.17, 15) is 14.7 Å². The summed E-state index contributed by atoms with van der Waals surface area (Å²) in [6.07, 6.45) is 2.61. The Hall–Kier alpha value is -1.59. The van der Waals surface area contributed by atoms with Crippen molar-refractivity contribution >= 4 is 23.5 Å². The van der Waals surface area contributed by atoms with Crippen LogP contribution in [0, 0.1) is 5.41 Å². The summed E-state index contributed by atoms with van der Waals surface area (Å²) in [5, 5.41) is 10.3. The Morgan fingerprint density at radius 1 is 1.38 bits per heavy atom. The lowest BCUT2D eigenvalue weighted by molar-refractivity contribution is -0.156. The van der Waals surface area contributed by atoms with Gasteiger partial charge in [0, 0.05) is 38.2 Å². The number of nitrogens with zero attached hydrogens (tertiary/aromatic N) is 1. The Balaban J connectivity index is 1.98. The second kappa shape index (κ2) is 8.49. The van der Waals surface area contributed by atoms with E-state index in [1.54, 1.807) is 12.0 Å². The summed E-state index contributed by atoms with van der Waals surface area (Å²) in [6, 6.07) is 7.47. The molecule has 1 amide bonds. The number of methoxy groups -OCH3 is 1. The van der Waals surface area contributed by atoms with Gasteiger partial charge in [0.05, 0.1) is 5.41 Å². The fourth-order valence-corrected chi connectivity index (χ4v) is 3.46. The number of hydrogen-bond acceptors (Lipinski definition) is 3. The smallest absolute Gasteiger partial charge is 0.311 e. The third kappa shape index (κ3) is 4.48. The molecular formula is C18H24ClNO4. The molecule has 2 rings (SSSR count). The lowest BCUT2D eigenvalue weighted by Gasteiger charge is -2.40. The first kappa shape index (κ1) is 18.7. The number of ether oxygens (including phenoxy) is 1. The van der Waals surface area contributed by atoms with Crippen molar-refractivity contribution in [3.8, 4) is 0 Å². The van der Waals surface area contributed by atoms with E-state index in [-0.39, 0.29) is 12.5 Å². The minimum absolute atomic E-state index is 0.0161. The summed E-state index contributed by atoms with van der Waals surface area (Å²) in [4.78, 5) is 26.0. The number of amides is 1. The van der Waals surface area contributed by atoms with E-state index in [4.69, 9.17) is 16.3 Å². The zero-order valence-electron chi connectivity index (χ0n) is 14.0. The van der Waals surface area contributed by atoms with Crippen LogP contribution in [0.3, 0.4) is 0 Å². The lowest BCUT2D eigenvalue weighted by atomic mass is 9.77. The summed E-state index contributed by atoms with van der Waals surface area (Å²) in [7, 11) is 1.56. The Bertz CT molecular complexity index is 592. The number of benzene rings is 1. The van der Waals surface area contributed by atoms with Crippen molar-refractivity contribution in [1.82, 2.24) is 4.90 Å². The van der Waals surface area contributed by atoms with Crippen LogP contribution in [0.1, 0.15) is 31.2 Å². The number of carbonyl (C=O) groups excluding carboxylic acids is 1. The second-order valence-corrected chi connectivity index (χ2v) is 6.75. The van der Waals surface area contributed by atoms with Gasteiger partial charge in [0.25, 0.3) is 0 Å². The molecule has 5 nitrogen and oxygen atoms in total. The van der Waals surface area contributed by atoms with Crippen molar-refractivity contribution in [3.63, 3.8) is 0 Å². The van der Waals surface area contributed by atoms with E-state index < -0.39 is 11.4 Å². The Kier molecular flexibility index (Phi) is 6.63. The molecule has 1 N–H and O–H groups in total. The summed E-state index contributed by atoms with van der Waals surface area (Å²) in [5.41, 5.74) is 0.0438. The molecule has 1 heterocycles. The number of halogens is 1. The van der Waals surface area contributed by atoms with Crippen LogP contribution in [0.2, 0.25) is 5.02 Å². The van der Waals surface area contributed by atoms with E-state index in [1.165, 1.54) is 0 Å². The number of aliphatic carboxylic acids is 1. The number of carbonyl (C=O) groups is 2. The van der Waals surface area contributed by atoms with Gasteiger partial charge in [-0.15, -0.1) is 0 Å². The molecule has 1 fully saturated rings. The van der Waals surface area contributed by atoms with Crippen LogP contribution in [0.5, 0.6) is 0 Å². The predicted octanol–water partition coefficient (Wildman–Crippen LogP) is 3.00. The topological polar surface area (TPSA) is 66.8 Å². The number of likely N-dealkylation sites (tertiary alicyclic amines) is 1. The lowest BCUT2D eigenvalue weighted by Crippen LogP contribution is -2.50. The van der Waals surface area contributed by atoms with Gasteiger partial charge < -0.3 is 14.7 Å². The zero-order valence-corrected chi connectivity index (χ0v) is 14.7. The third-order valence-electron chi connectivity index (χ3n) is 4.73. The highest BCUT2D eigenvalue weighted by atomic mass is 35.5. The molecule has 0 spiro atoms. The van der Waals surface area contributed by atoms with Gasteiger partial charge in [0.1, 0.15) is 0 Å². The Morgan fingerprint density at radius 2 is 2.12 bits per heavy atom. The minimum atomic E-state index is -0.895. The average Bonchev–Trinajstić information content (AvgIpc) is 2.59. The second-order valence-electron chi connectivity index (χ2n) is 6.34. The van der Waals surface area contributed by atoms with Gasteiger partial charge in [-0.2, -0.15) is 0 Å². The van der Waals surface area contributed by atoms with Crippen molar-refractivity contribution in [3.05, 3.63) is 34.9 Å². The van der Waals surface area contributed by atoms with Crippen molar-refractivity contribution < 1.29 is 19.4 Å². The first-order valence-corrected chi connectivity index (χ1v) is 8.60. The van der Waals surface area contributed by atoms with E-state index in [0.717, 1.165) is 5.56 Å². The highest BCUT2D eigenvalue weighted by molar-refractivity contribution is 6.31. The van der Waals surface area contributed by atoms with Crippen molar-refractivity contribution in [1.29, 1.82) is 0 Å². The van der Waals surface area contributed by atoms with Gasteiger partial charge in [-0.1, -0.05) is 29.8 Å². The minimum Gasteiger partial charge on any atom is -0.481 e. The molecule has 1 atom stereocenters. The average molecular weight is 354 g/mol. The van der Waals surface area contributed by atoms with E-state index in [1.807, 2.05) is 24.3 Å². The van der Waals surface area contributed by atoms with E-state index in [2.05, 4.69) is 0 Å². The molecule has 132 valence electrons. The first-order chi connectivity index (χ1) is 11.5. The molecule has 0 saturated carbocycles. The largest absolute Gasteiger partial charge is 0.481 e. The number of rotatable bonds is 7. The molecule has 0 aromatic heterocycles. The van der Waals surface area contributed by atoms with Crippen molar-refractivity contribution in [2.75, 3.05) is 26.8 Å². The van der Waals surface area contributed by atoms with E-state index >= 15 is 0 Å². The van der Waals surface area contributed by atoms with Crippen LogP contribution in [0.25, 0.3) is 0 Å². The molecule has 0 radical (unpaired) electrons. The highest BCUT2D eigenvalue weighted by Gasteiger charge is 2.43. The number of carboxylic acids is 1. The highest BCUT2D eigenvalue weighted by Crippen LogP contribution is 2.34. The molecule has 1 aliphatic rings. The summed E-state index contributed by atoms with van der Waals surface area (Å²) >= 11 is 6.12. The van der Waals surface area contributed by atoms with Crippen LogP contribution in [0.15, 0.2) is 24.3 Å². The maximum atomic E-state index is 12.5. The van der Waals surface area contributed by atoms with Crippen molar-refractivity contribution in [2.45, 2.75) is 32.1 Å². The van der Waals surface area contributed by atoms with Crippen LogP contribution in [-0.2, 0) is 20.7 Å². The molecule has 6 heteroatoms. The van der Waals surface area contributed by atoms with Crippen molar-refractivity contribution in [2.24, 2.45) is 5.41 Å². The Labute approximate surface area is 147 Å². The van der Waals surface area contributed by atoms with Crippen LogP contribution < -0.4 is 0 Å². The summed E-state index contributed by atoms with van der Waals surface area (Å²) in [5.74, 6) is -0.860. The van der Waals surface area contributed by atoms with Crippen LogP contribution in [-0.4, -0.2) is 48.7 Å². The Morgan fingerprint density at radius 3 is 2.79 bits per heavy atom. The number of hydrogen-bond donors (Lipinski definition) is 1. The molecule has 0 bridgehead atoms. The third-order valence-corrected chi connectivity index (χ3v) is 5.10. The van der Waals surface area contributed by atoms with Gasteiger partial charge in [-0.05, 0) is 37.3 Å². The monoisotopic (exact) mass is 353 g/mol. The molecule has 1 saturated heterocycles. The maximum absolute atomic E-state index is 12.5. The number of carboxylic acid groups (broad SMARTS) is 1.